The second kappa shape index (κ2) is 11.8. The molecule has 45 heavy (non-hydrogen) atoms. The summed E-state index contributed by atoms with van der Waals surface area (Å²) in [4.78, 5) is 36.9. The molecule has 10 nitrogen and oxygen atoms in total. The van der Waals surface area contributed by atoms with Crippen LogP contribution in [0.5, 0.6) is 11.5 Å². The Labute approximate surface area is 261 Å². The third-order valence-corrected chi connectivity index (χ3v) is 7.96. The Kier molecular flexibility index (Phi) is 8.34. The molecule has 2 aliphatic rings. The van der Waals surface area contributed by atoms with Crippen molar-refractivity contribution in [2.75, 3.05) is 23.9 Å². The fourth-order valence-corrected chi connectivity index (χ4v) is 5.17. The number of alkyl halides is 3. The van der Waals surface area contributed by atoms with Crippen molar-refractivity contribution in [2.45, 2.75) is 57.0 Å². The molecule has 0 saturated heterocycles. The molecule has 1 saturated carbocycles. The molecule has 0 radical (unpaired) electrons. The van der Waals surface area contributed by atoms with Crippen LogP contribution in [0.25, 0.3) is 0 Å². The molecule has 1 fully saturated rings. The third kappa shape index (κ3) is 6.93. The van der Waals surface area contributed by atoms with E-state index in [0.29, 0.717) is 39.1 Å². The second-order valence-corrected chi connectivity index (χ2v) is 11.9. The van der Waals surface area contributed by atoms with Gasteiger partial charge in [-0.2, -0.15) is 0 Å². The first-order valence-corrected chi connectivity index (χ1v) is 14.2. The lowest BCUT2D eigenvalue weighted by molar-refractivity contribution is -0.274. The predicted octanol–water partition coefficient (Wildman–Crippen LogP) is 6.48. The van der Waals surface area contributed by atoms with Gasteiger partial charge < -0.3 is 29.6 Å². The van der Waals surface area contributed by atoms with Gasteiger partial charge in [0.05, 0.1) is 29.2 Å². The van der Waals surface area contributed by atoms with Crippen LogP contribution in [0.1, 0.15) is 56.5 Å². The number of methoxy groups -OCH3 is 1. The molecular weight excluding hydrogens is 617 g/mol. The Balaban J connectivity index is 1.51. The number of carboxylic acids is 1. The maximum atomic E-state index is 14.4. The van der Waals surface area contributed by atoms with Crippen molar-refractivity contribution < 1.29 is 42.2 Å². The molecule has 1 spiro atoms. The quantitative estimate of drug-likeness (QED) is 0.190. The molecule has 1 aliphatic heterocycles. The summed E-state index contributed by atoms with van der Waals surface area (Å²) in [6, 6.07) is 11.1. The SMILES string of the molecule is COc1cc(NC(C(=O)N2CC3(CC3)c3ccc(OC(F)(F)F)cc32)c2ccc(Cl)cn2)cc(C(C)=NOC(C)(C)C(=O)O)c1. The van der Waals surface area contributed by atoms with Crippen LogP contribution in [0.15, 0.2) is 59.9 Å². The molecule has 1 amide bonds. The van der Waals surface area contributed by atoms with E-state index in [1.807, 2.05) is 0 Å². The number of aromatic nitrogens is 1. The highest BCUT2D eigenvalue weighted by Crippen LogP contribution is 2.57. The van der Waals surface area contributed by atoms with Crippen molar-refractivity contribution in [3.05, 3.63) is 76.6 Å². The van der Waals surface area contributed by atoms with Gasteiger partial charge in [-0.15, -0.1) is 13.2 Å². The molecule has 1 atom stereocenters. The lowest BCUT2D eigenvalue weighted by Crippen LogP contribution is -2.38. The Hall–Kier alpha value is -4.52. The minimum absolute atomic E-state index is 0.286. The molecular formula is C31H30ClF3N4O6. The fourth-order valence-electron chi connectivity index (χ4n) is 5.05. The number of oxime groups is 1. The number of ether oxygens (including phenoxy) is 2. The zero-order valence-corrected chi connectivity index (χ0v) is 25.5. The molecule has 2 N–H and O–H groups in total. The van der Waals surface area contributed by atoms with Gasteiger partial charge in [0, 0.05) is 41.5 Å². The summed E-state index contributed by atoms with van der Waals surface area (Å²) >= 11 is 6.08. The summed E-state index contributed by atoms with van der Waals surface area (Å²) in [5.74, 6) is -1.68. The van der Waals surface area contributed by atoms with Crippen molar-refractivity contribution >= 4 is 40.6 Å². The van der Waals surface area contributed by atoms with E-state index < -0.39 is 35.6 Å². The van der Waals surface area contributed by atoms with Gasteiger partial charge in [-0.25, -0.2) is 4.79 Å². The molecule has 0 bridgehead atoms. The van der Waals surface area contributed by atoms with Crippen LogP contribution < -0.4 is 19.7 Å². The minimum atomic E-state index is -4.89. The maximum Gasteiger partial charge on any atom is 0.573 e. The Morgan fingerprint density at radius 1 is 1.11 bits per heavy atom. The van der Waals surface area contributed by atoms with Gasteiger partial charge in [-0.3, -0.25) is 9.78 Å². The monoisotopic (exact) mass is 646 g/mol. The molecule has 1 aromatic heterocycles. The summed E-state index contributed by atoms with van der Waals surface area (Å²) in [5, 5.41) is 16.9. The summed E-state index contributed by atoms with van der Waals surface area (Å²) in [6.45, 7) is 4.63. The van der Waals surface area contributed by atoms with E-state index in [1.54, 1.807) is 43.3 Å². The van der Waals surface area contributed by atoms with Gasteiger partial charge in [0.2, 0.25) is 5.60 Å². The highest BCUT2D eigenvalue weighted by atomic mass is 35.5. The number of amides is 1. The maximum absolute atomic E-state index is 14.4. The molecule has 5 rings (SSSR count). The molecule has 1 unspecified atom stereocenters. The number of hydrogen-bond acceptors (Lipinski definition) is 8. The van der Waals surface area contributed by atoms with Crippen LogP contribution in [0.4, 0.5) is 24.5 Å². The normalized spacial score (nSPS) is 16.2. The van der Waals surface area contributed by atoms with E-state index in [9.17, 15) is 27.9 Å². The van der Waals surface area contributed by atoms with Crippen molar-refractivity contribution in [2.24, 2.45) is 5.16 Å². The number of fused-ring (bicyclic) bond motifs is 2. The zero-order valence-electron chi connectivity index (χ0n) is 24.7. The van der Waals surface area contributed by atoms with Crippen molar-refractivity contribution in [1.82, 2.24) is 4.98 Å². The van der Waals surface area contributed by atoms with E-state index in [4.69, 9.17) is 21.2 Å². The van der Waals surface area contributed by atoms with E-state index in [1.165, 1.54) is 44.2 Å². The van der Waals surface area contributed by atoms with Gasteiger partial charge in [-0.05, 0) is 69.5 Å². The average Bonchev–Trinajstić information content (AvgIpc) is 3.69. The lowest BCUT2D eigenvalue weighted by Gasteiger charge is -2.26. The highest BCUT2D eigenvalue weighted by molar-refractivity contribution is 6.30. The first kappa shape index (κ1) is 31.9. The molecule has 2 heterocycles. The number of halogens is 4. The minimum Gasteiger partial charge on any atom is -0.497 e. The van der Waals surface area contributed by atoms with E-state index in [0.717, 1.165) is 18.4 Å². The van der Waals surface area contributed by atoms with Crippen LogP contribution in [-0.2, 0) is 19.8 Å². The number of carbonyl (C=O) groups excluding carboxylic acids is 1. The third-order valence-electron chi connectivity index (χ3n) is 7.74. The van der Waals surface area contributed by atoms with Gasteiger partial charge >= 0.3 is 12.3 Å². The fraction of sp³-hybridized carbons (Fsp3) is 0.355. The summed E-state index contributed by atoms with van der Waals surface area (Å²) in [5.41, 5.74) is 0.786. The highest BCUT2D eigenvalue weighted by Gasteiger charge is 2.54. The number of carboxylic acid groups (broad SMARTS) is 1. The smallest absolute Gasteiger partial charge is 0.497 e. The number of benzene rings is 2. The number of nitrogens with one attached hydrogen (secondary N) is 1. The zero-order chi connectivity index (χ0) is 32.7. The number of aliphatic carboxylic acids is 1. The Morgan fingerprint density at radius 3 is 2.44 bits per heavy atom. The van der Waals surface area contributed by atoms with Crippen molar-refractivity contribution in [3.63, 3.8) is 0 Å². The summed E-state index contributed by atoms with van der Waals surface area (Å²) in [6.07, 6.45) is -1.92. The first-order valence-electron chi connectivity index (χ1n) is 13.9. The number of rotatable bonds is 10. The van der Waals surface area contributed by atoms with E-state index in [-0.39, 0.29) is 12.0 Å². The van der Waals surface area contributed by atoms with Crippen LogP contribution in [0.3, 0.4) is 0 Å². The summed E-state index contributed by atoms with van der Waals surface area (Å²) < 4.78 is 48.8. The van der Waals surface area contributed by atoms with E-state index in [2.05, 4.69) is 20.2 Å². The molecule has 1 aliphatic carbocycles. The molecule has 238 valence electrons. The lowest BCUT2D eigenvalue weighted by atomic mass is 9.99. The molecule has 3 aromatic rings. The summed E-state index contributed by atoms with van der Waals surface area (Å²) in [7, 11) is 1.46. The average molecular weight is 647 g/mol. The largest absolute Gasteiger partial charge is 0.573 e. The number of hydrogen-bond donors (Lipinski definition) is 2. The number of anilines is 2. The first-order chi connectivity index (χ1) is 21.1. The van der Waals surface area contributed by atoms with Gasteiger partial charge in [0.1, 0.15) is 17.5 Å². The van der Waals surface area contributed by atoms with Crippen LogP contribution in [0, 0.1) is 0 Å². The topological polar surface area (TPSA) is 123 Å². The number of nitrogens with zero attached hydrogens (tertiary/aromatic N) is 3. The predicted molar refractivity (Wildman–Crippen MR) is 160 cm³/mol. The van der Waals surface area contributed by atoms with Crippen molar-refractivity contribution in [3.8, 4) is 11.5 Å². The molecule has 2 aromatic carbocycles. The second-order valence-electron chi connectivity index (χ2n) is 11.4. The Bertz CT molecular complexity index is 1660. The van der Waals surface area contributed by atoms with Gasteiger partial charge in [-0.1, -0.05) is 22.8 Å². The van der Waals surface area contributed by atoms with Crippen molar-refractivity contribution in [1.29, 1.82) is 0 Å². The standard InChI is InChI=1S/C31H30ClF3N4O6/c1-17(38-45-29(2,3)28(41)42)18-11-20(13-22(12-18)43-4)37-26(24-8-5-19(32)15-36-24)27(40)39-16-30(9-10-30)23-7-6-21(14-25(23)39)44-31(33,34)35/h5-8,11-15,26,37H,9-10,16H2,1-4H3,(H,41,42). The van der Waals surface area contributed by atoms with Gasteiger partial charge in [0.15, 0.2) is 0 Å². The van der Waals surface area contributed by atoms with Crippen LogP contribution in [0.2, 0.25) is 5.02 Å². The number of carbonyl (C=O) groups is 2. The molecule has 14 heteroatoms. The number of pyridine rings is 1. The van der Waals surface area contributed by atoms with Crippen LogP contribution >= 0.6 is 11.6 Å². The van der Waals surface area contributed by atoms with E-state index >= 15 is 0 Å². The van der Waals surface area contributed by atoms with Crippen LogP contribution in [-0.4, -0.2) is 53.3 Å². The Morgan fingerprint density at radius 2 is 1.84 bits per heavy atom. The van der Waals surface area contributed by atoms with Gasteiger partial charge in [0.25, 0.3) is 5.91 Å².